The van der Waals surface area contributed by atoms with Gasteiger partial charge >= 0.3 is 5.97 Å². The predicted octanol–water partition coefficient (Wildman–Crippen LogP) is 3.55. The molecule has 2 heterocycles. The Kier molecular flexibility index (Phi) is 5.61. The third-order valence-electron chi connectivity index (χ3n) is 5.21. The zero-order chi connectivity index (χ0) is 21.1. The van der Waals surface area contributed by atoms with E-state index in [9.17, 15) is 14.4 Å². The first kappa shape index (κ1) is 19.8. The summed E-state index contributed by atoms with van der Waals surface area (Å²) in [5.41, 5.74) is 1.73. The average molecular weight is 405 g/mol. The first-order chi connectivity index (χ1) is 14.6. The monoisotopic (exact) mass is 405 g/mol. The number of amides is 1. The number of fused-ring (bicyclic) bond motifs is 2. The van der Waals surface area contributed by atoms with Crippen LogP contribution in [0.1, 0.15) is 52.7 Å². The van der Waals surface area contributed by atoms with Crippen LogP contribution in [0, 0.1) is 0 Å². The summed E-state index contributed by atoms with van der Waals surface area (Å²) in [6.07, 6.45) is 3.83. The molecule has 0 unspecified atom stereocenters. The lowest BCUT2D eigenvalue weighted by molar-refractivity contribution is 0.0526. The number of carbonyl (C=O) groups excluding carboxylic acids is 2. The minimum Gasteiger partial charge on any atom is -0.462 e. The average Bonchev–Trinajstić information content (AvgIpc) is 2.99. The summed E-state index contributed by atoms with van der Waals surface area (Å²) >= 11 is 0. The van der Waals surface area contributed by atoms with Crippen LogP contribution < -0.4 is 10.9 Å². The number of hydrogen-bond acceptors (Lipinski definition) is 5. The summed E-state index contributed by atoms with van der Waals surface area (Å²) in [5, 5.41) is 3.30. The van der Waals surface area contributed by atoms with Crippen LogP contribution in [0.15, 0.2) is 47.3 Å². The van der Waals surface area contributed by atoms with E-state index in [0.29, 0.717) is 34.3 Å². The lowest BCUT2D eigenvalue weighted by Gasteiger charge is -2.11. The van der Waals surface area contributed by atoms with Crippen molar-refractivity contribution < 1.29 is 14.3 Å². The fourth-order valence-electron chi connectivity index (χ4n) is 3.70. The number of aromatic nitrogens is 2. The predicted molar refractivity (Wildman–Crippen MR) is 114 cm³/mol. The van der Waals surface area contributed by atoms with Gasteiger partial charge in [-0.25, -0.2) is 9.78 Å². The zero-order valence-electron chi connectivity index (χ0n) is 16.8. The molecule has 30 heavy (non-hydrogen) atoms. The lowest BCUT2D eigenvalue weighted by atomic mass is 10.1. The van der Waals surface area contributed by atoms with Gasteiger partial charge < -0.3 is 10.1 Å². The maximum atomic E-state index is 12.8. The highest BCUT2D eigenvalue weighted by atomic mass is 16.5. The van der Waals surface area contributed by atoms with Gasteiger partial charge in [0.1, 0.15) is 5.82 Å². The maximum Gasteiger partial charge on any atom is 0.338 e. The van der Waals surface area contributed by atoms with E-state index in [2.05, 4.69) is 10.3 Å². The van der Waals surface area contributed by atoms with E-state index in [0.717, 1.165) is 31.5 Å². The lowest BCUT2D eigenvalue weighted by Crippen LogP contribution is -2.24. The molecule has 0 saturated carbocycles. The van der Waals surface area contributed by atoms with Crippen LogP contribution in [0.2, 0.25) is 0 Å². The van der Waals surface area contributed by atoms with Crippen molar-refractivity contribution in [2.75, 3.05) is 11.9 Å². The molecule has 1 amide bonds. The molecule has 0 spiro atoms. The molecule has 7 heteroatoms. The van der Waals surface area contributed by atoms with Crippen molar-refractivity contribution in [1.29, 1.82) is 0 Å². The van der Waals surface area contributed by atoms with Crippen molar-refractivity contribution in [3.8, 4) is 0 Å². The molecular weight excluding hydrogens is 382 g/mol. The number of ether oxygens (including phenoxy) is 1. The number of nitrogens with zero attached hydrogens (tertiary/aromatic N) is 2. The molecule has 1 aliphatic rings. The molecule has 1 aliphatic heterocycles. The molecule has 0 aliphatic carbocycles. The molecule has 3 aromatic rings. The largest absolute Gasteiger partial charge is 0.462 e. The van der Waals surface area contributed by atoms with Crippen LogP contribution >= 0.6 is 0 Å². The van der Waals surface area contributed by atoms with E-state index in [-0.39, 0.29) is 18.1 Å². The molecular formula is C23H23N3O4. The van der Waals surface area contributed by atoms with Crippen LogP contribution in [-0.2, 0) is 17.7 Å². The molecule has 0 bridgehead atoms. The first-order valence-electron chi connectivity index (χ1n) is 10.2. The number of benzene rings is 2. The Balaban J connectivity index is 1.62. The maximum absolute atomic E-state index is 12.8. The number of anilines is 1. The summed E-state index contributed by atoms with van der Waals surface area (Å²) < 4.78 is 6.75. The van der Waals surface area contributed by atoms with Gasteiger partial charge in [-0.2, -0.15) is 0 Å². The highest BCUT2D eigenvalue weighted by Crippen LogP contribution is 2.18. The van der Waals surface area contributed by atoms with Crippen molar-refractivity contribution in [3.63, 3.8) is 0 Å². The van der Waals surface area contributed by atoms with Crippen molar-refractivity contribution in [1.82, 2.24) is 9.55 Å². The van der Waals surface area contributed by atoms with Crippen molar-refractivity contribution in [2.24, 2.45) is 0 Å². The molecule has 0 fully saturated rings. The normalized spacial score (nSPS) is 13.4. The van der Waals surface area contributed by atoms with Gasteiger partial charge in [-0.05, 0) is 56.2 Å². The number of nitrogens with one attached hydrogen (secondary N) is 1. The SMILES string of the molecule is CCOC(=O)c1cccc(NC(=O)c2ccc3c(=O)n4c(nc3c2)CCCCC4)c1. The Bertz CT molecular complexity index is 1180. The molecule has 1 aromatic heterocycles. The van der Waals surface area contributed by atoms with E-state index < -0.39 is 5.97 Å². The van der Waals surface area contributed by atoms with Crippen molar-refractivity contribution in [2.45, 2.75) is 39.2 Å². The topological polar surface area (TPSA) is 90.3 Å². The molecule has 4 rings (SSSR count). The third-order valence-corrected chi connectivity index (χ3v) is 5.21. The van der Waals surface area contributed by atoms with Gasteiger partial charge in [0.2, 0.25) is 0 Å². The van der Waals surface area contributed by atoms with Crippen LogP contribution in [0.5, 0.6) is 0 Å². The molecule has 0 radical (unpaired) electrons. The Morgan fingerprint density at radius 1 is 1.10 bits per heavy atom. The first-order valence-corrected chi connectivity index (χ1v) is 10.2. The summed E-state index contributed by atoms with van der Waals surface area (Å²) in [6, 6.07) is 11.5. The molecule has 2 aromatic carbocycles. The summed E-state index contributed by atoms with van der Waals surface area (Å²) in [6.45, 7) is 2.71. The zero-order valence-corrected chi connectivity index (χ0v) is 16.8. The number of hydrogen-bond donors (Lipinski definition) is 1. The summed E-state index contributed by atoms with van der Waals surface area (Å²) in [5.74, 6) is 0.00382. The fourth-order valence-corrected chi connectivity index (χ4v) is 3.70. The standard InChI is InChI=1S/C23H23N3O4/c1-2-30-23(29)16-7-6-8-17(13-16)24-21(27)15-10-11-18-19(14-15)25-20-9-4-3-5-12-26(20)22(18)28/h6-8,10-11,13-14H,2-5,9,12H2,1H3,(H,24,27). The van der Waals surface area contributed by atoms with Gasteiger partial charge in [0, 0.05) is 24.2 Å². The van der Waals surface area contributed by atoms with Crippen LogP contribution in [0.25, 0.3) is 10.9 Å². The highest BCUT2D eigenvalue weighted by molar-refractivity contribution is 6.06. The van der Waals surface area contributed by atoms with Gasteiger partial charge in [-0.1, -0.05) is 12.5 Å². The van der Waals surface area contributed by atoms with E-state index in [1.54, 1.807) is 54.0 Å². The Hall–Kier alpha value is -3.48. The quantitative estimate of drug-likeness (QED) is 0.671. The summed E-state index contributed by atoms with van der Waals surface area (Å²) in [7, 11) is 0. The number of rotatable bonds is 4. The smallest absolute Gasteiger partial charge is 0.338 e. The van der Waals surface area contributed by atoms with Gasteiger partial charge in [0.15, 0.2) is 0 Å². The van der Waals surface area contributed by atoms with E-state index in [4.69, 9.17) is 4.74 Å². The van der Waals surface area contributed by atoms with E-state index in [1.165, 1.54) is 0 Å². The van der Waals surface area contributed by atoms with Gasteiger partial charge in [0.25, 0.3) is 11.5 Å². The molecule has 1 N–H and O–H groups in total. The van der Waals surface area contributed by atoms with Gasteiger partial charge in [-0.3, -0.25) is 14.2 Å². The molecule has 154 valence electrons. The second-order valence-electron chi connectivity index (χ2n) is 7.28. The van der Waals surface area contributed by atoms with E-state index in [1.807, 2.05) is 0 Å². The number of carbonyl (C=O) groups is 2. The minimum atomic E-state index is -0.440. The Labute approximate surface area is 173 Å². The second-order valence-corrected chi connectivity index (χ2v) is 7.28. The number of aryl methyl sites for hydroxylation is 1. The van der Waals surface area contributed by atoms with Gasteiger partial charge in [-0.15, -0.1) is 0 Å². The minimum absolute atomic E-state index is 0.0500. The Morgan fingerprint density at radius 3 is 2.80 bits per heavy atom. The van der Waals surface area contributed by atoms with Gasteiger partial charge in [0.05, 0.1) is 23.1 Å². The third kappa shape index (κ3) is 3.96. The second kappa shape index (κ2) is 8.49. The number of esters is 1. The molecule has 0 saturated heterocycles. The van der Waals surface area contributed by atoms with Crippen LogP contribution in [-0.4, -0.2) is 28.0 Å². The molecule has 0 atom stereocenters. The van der Waals surface area contributed by atoms with Crippen LogP contribution in [0.3, 0.4) is 0 Å². The Morgan fingerprint density at radius 2 is 1.97 bits per heavy atom. The highest BCUT2D eigenvalue weighted by Gasteiger charge is 2.16. The fraction of sp³-hybridized carbons (Fsp3) is 0.304. The van der Waals surface area contributed by atoms with E-state index >= 15 is 0 Å². The van der Waals surface area contributed by atoms with Crippen molar-refractivity contribution >= 4 is 28.5 Å². The summed E-state index contributed by atoms with van der Waals surface area (Å²) in [4.78, 5) is 42.2. The molecule has 7 nitrogen and oxygen atoms in total. The van der Waals surface area contributed by atoms with Crippen molar-refractivity contribution in [3.05, 3.63) is 69.8 Å². The van der Waals surface area contributed by atoms with Crippen LogP contribution in [0.4, 0.5) is 5.69 Å².